The molecule has 0 saturated carbocycles. The lowest BCUT2D eigenvalue weighted by Gasteiger charge is -2.07. The fraction of sp³-hybridized carbons (Fsp3) is 0.143. The fourth-order valence-electron chi connectivity index (χ4n) is 3.56. The molecule has 0 fully saturated rings. The molecule has 166 valence electrons. The van der Waals surface area contributed by atoms with Gasteiger partial charge >= 0.3 is 5.97 Å². The van der Waals surface area contributed by atoms with Gasteiger partial charge in [-0.15, -0.1) is 0 Å². The van der Waals surface area contributed by atoms with Gasteiger partial charge in [-0.3, -0.25) is 4.79 Å². The van der Waals surface area contributed by atoms with Gasteiger partial charge in [-0.05, 0) is 48.6 Å². The maximum absolute atomic E-state index is 12.2. The van der Waals surface area contributed by atoms with E-state index in [-0.39, 0.29) is 16.8 Å². The molecule has 1 aromatic heterocycles. The summed E-state index contributed by atoms with van der Waals surface area (Å²) in [6, 6.07) is 24.3. The van der Waals surface area contributed by atoms with E-state index < -0.39 is 5.97 Å². The van der Waals surface area contributed by atoms with E-state index in [0.29, 0.717) is 17.6 Å². The van der Waals surface area contributed by atoms with E-state index in [4.69, 9.17) is 9.15 Å². The van der Waals surface area contributed by atoms with Crippen molar-refractivity contribution in [2.24, 2.45) is 0 Å². The lowest BCUT2D eigenvalue weighted by molar-refractivity contribution is 0.0663. The molecule has 0 amide bonds. The number of ether oxygens (including phenoxy) is 1. The van der Waals surface area contributed by atoms with Crippen molar-refractivity contribution in [2.45, 2.75) is 19.3 Å². The van der Waals surface area contributed by atoms with Crippen molar-refractivity contribution >= 4 is 29.1 Å². The maximum atomic E-state index is 12.2. The molecule has 4 rings (SSSR count). The van der Waals surface area contributed by atoms with E-state index in [9.17, 15) is 14.7 Å². The van der Waals surface area contributed by atoms with E-state index >= 15 is 0 Å². The normalized spacial score (nSPS) is 11.2. The summed E-state index contributed by atoms with van der Waals surface area (Å²) in [4.78, 5) is 23.4. The van der Waals surface area contributed by atoms with Gasteiger partial charge in [-0.25, -0.2) is 4.79 Å². The first kappa shape index (κ1) is 22.1. The van der Waals surface area contributed by atoms with Crippen molar-refractivity contribution in [3.63, 3.8) is 0 Å². The molecule has 0 saturated heterocycles. The third kappa shape index (κ3) is 5.77. The molecule has 33 heavy (non-hydrogen) atoms. The molecule has 0 aliphatic heterocycles. The monoisotopic (exact) mass is 440 g/mol. The Hall–Kier alpha value is -4.12. The average molecular weight is 440 g/mol. The van der Waals surface area contributed by atoms with Crippen LogP contribution in [0.2, 0.25) is 0 Å². The van der Waals surface area contributed by atoms with E-state index in [1.54, 1.807) is 24.3 Å². The minimum absolute atomic E-state index is 0.258. The number of hydrogen-bond acceptors (Lipinski definition) is 4. The van der Waals surface area contributed by atoms with Crippen molar-refractivity contribution in [2.75, 3.05) is 6.61 Å². The number of carbonyl (C=O) groups is 1. The summed E-state index contributed by atoms with van der Waals surface area (Å²) < 4.78 is 11.3. The highest BCUT2D eigenvalue weighted by molar-refractivity contribution is 5.91. The van der Waals surface area contributed by atoms with Crippen LogP contribution >= 0.6 is 0 Å². The third-order valence-corrected chi connectivity index (χ3v) is 5.30. The summed E-state index contributed by atoms with van der Waals surface area (Å²) in [5, 5.41) is 9.52. The van der Waals surface area contributed by atoms with Crippen LogP contribution in [0.3, 0.4) is 0 Å². The first-order valence-electron chi connectivity index (χ1n) is 10.9. The van der Waals surface area contributed by atoms with Crippen LogP contribution < -0.4 is 10.2 Å². The summed E-state index contributed by atoms with van der Waals surface area (Å²) in [6.45, 7) is 0.670. The van der Waals surface area contributed by atoms with Gasteiger partial charge < -0.3 is 14.3 Å². The van der Waals surface area contributed by atoms with Gasteiger partial charge in [-0.2, -0.15) is 0 Å². The van der Waals surface area contributed by atoms with Gasteiger partial charge in [0.05, 0.1) is 12.0 Å². The second-order valence-electron chi connectivity index (χ2n) is 7.70. The number of unbranched alkanes of at least 4 members (excludes halogenated alkanes) is 1. The highest BCUT2D eigenvalue weighted by atomic mass is 16.5. The molecule has 0 bridgehead atoms. The molecule has 0 aliphatic carbocycles. The molecular weight excluding hydrogens is 416 g/mol. The van der Waals surface area contributed by atoms with Crippen molar-refractivity contribution in [1.29, 1.82) is 0 Å². The van der Waals surface area contributed by atoms with Crippen molar-refractivity contribution in [3.05, 3.63) is 112 Å². The first-order chi connectivity index (χ1) is 16.1. The summed E-state index contributed by atoms with van der Waals surface area (Å²) in [5.41, 5.74) is 2.80. The first-order valence-corrected chi connectivity index (χ1v) is 10.9. The molecule has 4 aromatic rings. The molecular formula is C28H24O5. The number of fused-ring (bicyclic) bond motifs is 1. The number of aryl methyl sites for hydroxylation is 1. The molecule has 0 atom stereocenters. The van der Waals surface area contributed by atoms with E-state index in [0.717, 1.165) is 36.6 Å². The average Bonchev–Trinajstić information content (AvgIpc) is 2.84. The SMILES string of the molecule is O=C(O)c1cc(=O)c2cccc(/C=C/c3ccc(OCCCCc4ccccc4)cc3)c2o1. The number of carboxylic acids is 1. The minimum Gasteiger partial charge on any atom is -0.494 e. The molecule has 0 spiro atoms. The third-order valence-electron chi connectivity index (χ3n) is 5.30. The molecule has 5 nitrogen and oxygen atoms in total. The van der Waals surface area contributed by atoms with Gasteiger partial charge in [0.25, 0.3) is 0 Å². The number of para-hydroxylation sites is 1. The van der Waals surface area contributed by atoms with Crippen LogP contribution in [0.25, 0.3) is 23.1 Å². The number of hydrogen-bond donors (Lipinski definition) is 1. The Morgan fingerprint density at radius 2 is 1.70 bits per heavy atom. The standard InChI is InChI=1S/C28H24O5/c29-25-19-26(28(30)31)33-27-22(10-6-11-24(25)27)15-12-21-13-16-23(17-14-21)32-18-5-4-9-20-7-2-1-3-8-20/h1-3,6-8,10-17,19H,4-5,9,18H2,(H,30,31)/b15-12+. The van der Waals surface area contributed by atoms with Crippen LogP contribution in [-0.2, 0) is 6.42 Å². The van der Waals surface area contributed by atoms with Crippen LogP contribution in [-0.4, -0.2) is 17.7 Å². The van der Waals surface area contributed by atoms with Crippen molar-refractivity contribution < 1.29 is 19.1 Å². The summed E-state index contributed by atoms with van der Waals surface area (Å²) in [5.74, 6) is -0.837. The molecule has 1 N–H and O–H groups in total. The van der Waals surface area contributed by atoms with Gasteiger partial charge in [0.2, 0.25) is 5.76 Å². The molecule has 3 aromatic carbocycles. The highest BCUT2D eigenvalue weighted by Gasteiger charge is 2.12. The van der Waals surface area contributed by atoms with Gasteiger partial charge in [-0.1, -0.05) is 66.7 Å². The molecule has 1 heterocycles. The Labute approximate surface area is 191 Å². The Kier molecular flexibility index (Phi) is 7.00. The Balaban J connectivity index is 1.37. The lowest BCUT2D eigenvalue weighted by Crippen LogP contribution is -2.06. The molecule has 5 heteroatoms. The number of aromatic carboxylic acids is 1. The van der Waals surface area contributed by atoms with Crippen LogP contribution in [0.15, 0.2) is 88.1 Å². The number of rotatable bonds is 9. The topological polar surface area (TPSA) is 76.7 Å². The van der Waals surface area contributed by atoms with Crippen LogP contribution in [0.1, 0.15) is 40.1 Å². The van der Waals surface area contributed by atoms with Gasteiger partial charge in [0.1, 0.15) is 11.3 Å². The Morgan fingerprint density at radius 1 is 0.909 bits per heavy atom. The maximum Gasteiger partial charge on any atom is 0.371 e. The zero-order chi connectivity index (χ0) is 23.0. The highest BCUT2D eigenvalue weighted by Crippen LogP contribution is 2.21. The van der Waals surface area contributed by atoms with Gasteiger partial charge in [0.15, 0.2) is 5.43 Å². The van der Waals surface area contributed by atoms with Crippen LogP contribution in [0, 0.1) is 0 Å². The summed E-state index contributed by atoms with van der Waals surface area (Å²) in [6.07, 6.45) is 6.80. The Morgan fingerprint density at radius 3 is 2.45 bits per heavy atom. The zero-order valence-corrected chi connectivity index (χ0v) is 18.1. The quantitative estimate of drug-likeness (QED) is 0.253. The van der Waals surface area contributed by atoms with Crippen molar-refractivity contribution in [3.8, 4) is 5.75 Å². The molecule has 0 unspecified atom stereocenters. The van der Waals surface area contributed by atoms with Crippen molar-refractivity contribution in [1.82, 2.24) is 0 Å². The molecule has 0 aliphatic rings. The summed E-state index contributed by atoms with van der Waals surface area (Å²) in [7, 11) is 0. The van der Waals surface area contributed by atoms with E-state index in [1.807, 2.05) is 36.4 Å². The lowest BCUT2D eigenvalue weighted by atomic mass is 10.1. The zero-order valence-electron chi connectivity index (χ0n) is 18.1. The van der Waals surface area contributed by atoms with E-state index in [1.165, 1.54) is 5.56 Å². The predicted molar refractivity (Wildman–Crippen MR) is 130 cm³/mol. The predicted octanol–water partition coefficient (Wildman–Crippen LogP) is 6.06. The van der Waals surface area contributed by atoms with Gasteiger partial charge in [0, 0.05) is 11.6 Å². The molecule has 0 radical (unpaired) electrons. The van der Waals surface area contributed by atoms with Crippen LogP contribution in [0.5, 0.6) is 5.75 Å². The van der Waals surface area contributed by atoms with E-state index in [2.05, 4.69) is 24.3 Å². The summed E-state index contributed by atoms with van der Waals surface area (Å²) >= 11 is 0. The second kappa shape index (κ2) is 10.5. The fourth-order valence-corrected chi connectivity index (χ4v) is 3.56. The Bertz CT molecular complexity index is 1320. The second-order valence-corrected chi connectivity index (χ2v) is 7.70. The van der Waals surface area contributed by atoms with Crippen LogP contribution in [0.4, 0.5) is 0 Å². The number of carboxylic acid groups (broad SMARTS) is 1. The smallest absolute Gasteiger partial charge is 0.371 e. The number of benzene rings is 3. The largest absolute Gasteiger partial charge is 0.494 e. The minimum atomic E-state index is -1.27.